The largest absolute Gasteiger partial charge is 0.277 e. The summed E-state index contributed by atoms with van der Waals surface area (Å²) in [5.41, 5.74) is 0.458. The molecule has 0 N–H and O–H groups in total. The Labute approximate surface area is 104 Å². The first-order valence-corrected chi connectivity index (χ1v) is 5.83. The van der Waals surface area contributed by atoms with Gasteiger partial charge in [-0.25, -0.2) is 5.06 Å². The first-order valence-electron chi connectivity index (χ1n) is 5.08. The van der Waals surface area contributed by atoms with Crippen LogP contribution in [-0.4, -0.2) is 24.1 Å². The fraction of sp³-hybridized carbons (Fsp3) is 0.364. The molecule has 1 aromatic rings. The van der Waals surface area contributed by atoms with Gasteiger partial charge in [0.25, 0.3) is 5.91 Å². The van der Waals surface area contributed by atoms with Crippen LogP contribution in [0.5, 0.6) is 0 Å². The number of carbonyl (C=O) groups excluding carboxylic acids is 1. The van der Waals surface area contributed by atoms with Crippen LogP contribution >= 0.6 is 23.2 Å². The minimum absolute atomic E-state index is 0.191. The highest BCUT2D eigenvalue weighted by molar-refractivity contribution is 6.35. The third-order valence-corrected chi connectivity index (χ3v) is 2.78. The summed E-state index contributed by atoms with van der Waals surface area (Å²) in [4.78, 5) is 17.3. The number of nitrogens with zero attached hydrogens (tertiary/aromatic N) is 1. The lowest BCUT2D eigenvalue weighted by atomic mass is 10.2. The SMILES string of the molecule is O=C(c1cc(Cl)cc(Cl)c1)N1CCCCO1. The van der Waals surface area contributed by atoms with Crippen LogP contribution in [0, 0.1) is 0 Å². The van der Waals surface area contributed by atoms with E-state index in [1.165, 1.54) is 5.06 Å². The molecule has 86 valence electrons. The molecule has 1 aliphatic rings. The number of carbonyl (C=O) groups is 1. The fourth-order valence-corrected chi connectivity index (χ4v) is 2.10. The summed E-state index contributed by atoms with van der Waals surface area (Å²) in [7, 11) is 0. The zero-order valence-corrected chi connectivity index (χ0v) is 10.1. The topological polar surface area (TPSA) is 29.5 Å². The summed E-state index contributed by atoms with van der Waals surface area (Å²) < 4.78 is 0. The van der Waals surface area contributed by atoms with E-state index in [9.17, 15) is 4.79 Å². The van der Waals surface area contributed by atoms with E-state index >= 15 is 0 Å². The van der Waals surface area contributed by atoms with Gasteiger partial charge in [-0.3, -0.25) is 9.63 Å². The van der Waals surface area contributed by atoms with Crippen LogP contribution in [0.1, 0.15) is 23.2 Å². The van der Waals surface area contributed by atoms with Crippen LogP contribution < -0.4 is 0 Å². The fourth-order valence-electron chi connectivity index (χ4n) is 1.58. The van der Waals surface area contributed by atoms with E-state index in [1.54, 1.807) is 18.2 Å². The van der Waals surface area contributed by atoms with Crippen molar-refractivity contribution in [1.82, 2.24) is 5.06 Å². The van der Waals surface area contributed by atoms with Crippen molar-refractivity contribution in [1.29, 1.82) is 0 Å². The molecule has 0 saturated carbocycles. The first-order chi connectivity index (χ1) is 7.66. The smallest absolute Gasteiger partial charge is 0.271 e. The average Bonchev–Trinajstić information content (AvgIpc) is 2.28. The van der Waals surface area contributed by atoms with Gasteiger partial charge in [0.15, 0.2) is 0 Å². The number of hydroxylamine groups is 2. The molecule has 0 atom stereocenters. The van der Waals surface area contributed by atoms with Crippen molar-refractivity contribution in [2.24, 2.45) is 0 Å². The third-order valence-electron chi connectivity index (χ3n) is 2.34. The second-order valence-corrected chi connectivity index (χ2v) is 4.48. The zero-order valence-electron chi connectivity index (χ0n) is 8.58. The van der Waals surface area contributed by atoms with Gasteiger partial charge in [0.05, 0.1) is 6.61 Å². The van der Waals surface area contributed by atoms with Crippen molar-refractivity contribution in [2.75, 3.05) is 13.2 Å². The van der Waals surface area contributed by atoms with E-state index < -0.39 is 0 Å². The minimum Gasteiger partial charge on any atom is -0.271 e. The van der Waals surface area contributed by atoms with Crippen molar-refractivity contribution >= 4 is 29.1 Å². The standard InChI is InChI=1S/C11H11Cl2NO2/c12-9-5-8(6-10(13)7-9)11(15)14-3-1-2-4-16-14/h5-7H,1-4H2. The minimum atomic E-state index is -0.191. The molecule has 5 heteroatoms. The van der Waals surface area contributed by atoms with E-state index in [4.69, 9.17) is 28.0 Å². The second kappa shape index (κ2) is 5.04. The summed E-state index contributed by atoms with van der Waals surface area (Å²) in [6.07, 6.45) is 1.94. The van der Waals surface area contributed by atoms with E-state index in [0.717, 1.165) is 12.8 Å². The van der Waals surface area contributed by atoms with Gasteiger partial charge in [-0.05, 0) is 31.0 Å². The van der Waals surface area contributed by atoms with Crippen LogP contribution in [0.25, 0.3) is 0 Å². The quantitative estimate of drug-likeness (QED) is 0.776. The van der Waals surface area contributed by atoms with E-state index in [-0.39, 0.29) is 5.91 Å². The molecule has 1 amide bonds. The highest BCUT2D eigenvalue weighted by atomic mass is 35.5. The van der Waals surface area contributed by atoms with Crippen molar-refractivity contribution < 1.29 is 9.63 Å². The average molecular weight is 260 g/mol. The Kier molecular flexibility index (Phi) is 3.69. The van der Waals surface area contributed by atoms with E-state index in [1.807, 2.05) is 0 Å². The predicted octanol–water partition coefficient (Wildman–Crippen LogP) is 3.16. The maximum atomic E-state index is 12.0. The highest BCUT2D eigenvalue weighted by Gasteiger charge is 2.19. The molecule has 1 aliphatic heterocycles. The molecular formula is C11H11Cl2NO2. The molecule has 3 nitrogen and oxygen atoms in total. The molecule has 2 rings (SSSR count). The first kappa shape index (κ1) is 11.7. The summed E-state index contributed by atoms with van der Waals surface area (Å²) in [6, 6.07) is 4.78. The normalized spacial score (nSPS) is 16.2. The van der Waals surface area contributed by atoms with Crippen molar-refractivity contribution in [2.45, 2.75) is 12.8 Å². The monoisotopic (exact) mass is 259 g/mol. The molecule has 0 bridgehead atoms. The maximum Gasteiger partial charge on any atom is 0.277 e. The van der Waals surface area contributed by atoms with Gasteiger partial charge < -0.3 is 0 Å². The molecule has 0 radical (unpaired) electrons. The van der Waals surface area contributed by atoms with Crippen LogP contribution in [0.3, 0.4) is 0 Å². The molecule has 1 fully saturated rings. The Morgan fingerprint density at radius 2 is 1.88 bits per heavy atom. The van der Waals surface area contributed by atoms with Crippen LogP contribution in [0.2, 0.25) is 10.0 Å². The van der Waals surface area contributed by atoms with Gasteiger partial charge in [-0.1, -0.05) is 23.2 Å². The van der Waals surface area contributed by atoms with Crippen molar-refractivity contribution in [3.8, 4) is 0 Å². The second-order valence-electron chi connectivity index (χ2n) is 3.61. The van der Waals surface area contributed by atoms with Gasteiger partial charge in [0.1, 0.15) is 0 Å². The number of benzene rings is 1. The number of amides is 1. The number of rotatable bonds is 1. The van der Waals surface area contributed by atoms with Gasteiger partial charge in [0, 0.05) is 22.2 Å². The van der Waals surface area contributed by atoms with Gasteiger partial charge in [-0.2, -0.15) is 0 Å². The maximum absolute atomic E-state index is 12.0. The summed E-state index contributed by atoms with van der Waals surface area (Å²) >= 11 is 11.7. The van der Waals surface area contributed by atoms with Crippen LogP contribution in [0.4, 0.5) is 0 Å². The Morgan fingerprint density at radius 3 is 2.44 bits per heavy atom. The summed E-state index contributed by atoms with van der Waals surface area (Å²) in [6.45, 7) is 1.20. The van der Waals surface area contributed by atoms with Gasteiger partial charge in [-0.15, -0.1) is 0 Å². The number of halogens is 2. The van der Waals surface area contributed by atoms with Crippen LogP contribution in [0.15, 0.2) is 18.2 Å². The summed E-state index contributed by atoms with van der Waals surface area (Å²) in [5, 5.41) is 2.27. The number of hydrogen-bond acceptors (Lipinski definition) is 2. The lowest BCUT2D eigenvalue weighted by Gasteiger charge is -2.25. The molecule has 0 unspecified atom stereocenters. The number of hydrogen-bond donors (Lipinski definition) is 0. The Balaban J connectivity index is 2.19. The predicted molar refractivity (Wildman–Crippen MR) is 62.7 cm³/mol. The lowest BCUT2D eigenvalue weighted by Crippen LogP contribution is -2.35. The zero-order chi connectivity index (χ0) is 11.5. The van der Waals surface area contributed by atoms with Gasteiger partial charge >= 0.3 is 0 Å². The Bertz CT molecular complexity index is 383. The third kappa shape index (κ3) is 2.67. The molecule has 0 aromatic heterocycles. The Hall–Kier alpha value is -0.770. The lowest BCUT2D eigenvalue weighted by molar-refractivity contribution is -0.144. The van der Waals surface area contributed by atoms with Crippen LogP contribution in [-0.2, 0) is 4.84 Å². The molecule has 0 spiro atoms. The van der Waals surface area contributed by atoms with Crippen molar-refractivity contribution in [3.05, 3.63) is 33.8 Å². The van der Waals surface area contributed by atoms with Crippen molar-refractivity contribution in [3.63, 3.8) is 0 Å². The van der Waals surface area contributed by atoms with Gasteiger partial charge in [0.2, 0.25) is 0 Å². The molecule has 1 heterocycles. The highest BCUT2D eigenvalue weighted by Crippen LogP contribution is 2.21. The molecule has 0 aliphatic carbocycles. The molecule has 1 aromatic carbocycles. The molecule has 16 heavy (non-hydrogen) atoms. The molecule has 1 saturated heterocycles. The Morgan fingerprint density at radius 1 is 1.19 bits per heavy atom. The van der Waals surface area contributed by atoms with E-state index in [2.05, 4.69) is 0 Å². The molecular weight excluding hydrogens is 249 g/mol. The summed E-state index contributed by atoms with van der Waals surface area (Å²) in [5.74, 6) is -0.191. The van der Waals surface area contributed by atoms with E-state index in [0.29, 0.717) is 28.8 Å².